The molecule has 0 unspecified atom stereocenters. The first-order chi connectivity index (χ1) is 16.1. The van der Waals surface area contributed by atoms with Crippen LogP contribution < -0.4 is 19.7 Å². The predicted octanol–water partition coefficient (Wildman–Crippen LogP) is 4.36. The van der Waals surface area contributed by atoms with E-state index in [9.17, 15) is 4.79 Å². The van der Waals surface area contributed by atoms with E-state index in [0.717, 1.165) is 17.1 Å². The first-order valence-corrected chi connectivity index (χ1v) is 10.4. The molecular formula is C25H25N5O3. The molecule has 4 rings (SSSR count). The second-order valence-electron chi connectivity index (χ2n) is 7.28. The molecule has 0 saturated carbocycles. The highest BCUT2D eigenvalue weighted by Gasteiger charge is 2.15. The monoisotopic (exact) mass is 443 g/mol. The van der Waals surface area contributed by atoms with E-state index in [1.54, 1.807) is 43.4 Å². The Balaban J connectivity index is 1.48. The smallest absolute Gasteiger partial charge is 0.258 e. The summed E-state index contributed by atoms with van der Waals surface area (Å²) in [5.41, 5.74) is 2.34. The summed E-state index contributed by atoms with van der Waals surface area (Å²) in [6, 6.07) is 20.9. The molecule has 0 fully saturated rings. The third kappa shape index (κ3) is 4.79. The Kier molecular flexibility index (Phi) is 6.54. The molecule has 33 heavy (non-hydrogen) atoms. The average Bonchev–Trinajstić information content (AvgIpc) is 3.30. The van der Waals surface area contributed by atoms with Gasteiger partial charge in [-0.3, -0.25) is 4.79 Å². The van der Waals surface area contributed by atoms with Crippen LogP contribution >= 0.6 is 0 Å². The van der Waals surface area contributed by atoms with Gasteiger partial charge in [0.2, 0.25) is 0 Å². The molecule has 0 aliphatic heterocycles. The van der Waals surface area contributed by atoms with Gasteiger partial charge in [0.1, 0.15) is 11.6 Å². The van der Waals surface area contributed by atoms with E-state index in [2.05, 4.69) is 15.4 Å². The maximum Gasteiger partial charge on any atom is 0.258 e. The summed E-state index contributed by atoms with van der Waals surface area (Å²) in [6.45, 7) is 0.405. The number of benzene rings is 2. The van der Waals surface area contributed by atoms with Crippen molar-refractivity contribution in [2.45, 2.75) is 6.54 Å². The molecule has 4 aromatic rings. The Morgan fingerprint density at radius 2 is 1.82 bits per heavy atom. The summed E-state index contributed by atoms with van der Waals surface area (Å²) in [5.74, 6) is 2.31. The normalized spacial score (nSPS) is 10.5. The lowest BCUT2D eigenvalue weighted by Gasteiger charge is -2.18. The van der Waals surface area contributed by atoms with E-state index < -0.39 is 0 Å². The Morgan fingerprint density at radius 1 is 1.00 bits per heavy atom. The topological polar surface area (TPSA) is 81.5 Å². The fraction of sp³-hybridized carbons (Fsp3) is 0.160. The Labute approximate surface area is 192 Å². The van der Waals surface area contributed by atoms with Crippen LogP contribution in [0.4, 0.5) is 17.3 Å². The number of nitrogens with zero attached hydrogens (tertiary/aromatic N) is 4. The van der Waals surface area contributed by atoms with Gasteiger partial charge in [-0.05, 0) is 30.3 Å². The fourth-order valence-electron chi connectivity index (χ4n) is 3.50. The van der Waals surface area contributed by atoms with Crippen LogP contribution in [0, 0.1) is 0 Å². The minimum absolute atomic E-state index is 0.268. The SMILES string of the molecule is COc1cccc(Cn2nccc2NC(=O)c2ccc(N(C)c3ccccc3)nc2)c1OC. The Bertz CT molecular complexity index is 1220. The lowest BCUT2D eigenvalue weighted by atomic mass is 10.2. The van der Waals surface area contributed by atoms with E-state index in [1.807, 2.05) is 66.5 Å². The van der Waals surface area contributed by atoms with Gasteiger partial charge in [-0.1, -0.05) is 30.3 Å². The highest BCUT2D eigenvalue weighted by molar-refractivity contribution is 6.03. The van der Waals surface area contributed by atoms with Gasteiger partial charge in [0, 0.05) is 30.6 Å². The fourth-order valence-corrected chi connectivity index (χ4v) is 3.50. The molecule has 0 bridgehead atoms. The zero-order valence-electron chi connectivity index (χ0n) is 18.7. The summed E-state index contributed by atoms with van der Waals surface area (Å²) in [4.78, 5) is 19.2. The number of hydrogen-bond acceptors (Lipinski definition) is 6. The van der Waals surface area contributed by atoms with Crippen LogP contribution in [-0.4, -0.2) is 41.9 Å². The van der Waals surface area contributed by atoms with Crippen LogP contribution in [0.25, 0.3) is 0 Å². The van der Waals surface area contributed by atoms with Gasteiger partial charge in [0.15, 0.2) is 11.5 Å². The highest BCUT2D eigenvalue weighted by atomic mass is 16.5. The Morgan fingerprint density at radius 3 is 2.52 bits per heavy atom. The number of pyridine rings is 1. The molecule has 0 aliphatic rings. The van der Waals surface area contributed by atoms with E-state index >= 15 is 0 Å². The van der Waals surface area contributed by atoms with Crippen molar-refractivity contribution in [3.8, 4) is 11.5 Å². The molecule has 0 aliphatic carbocycles. The highest BCUT2D eigenvalue weighted by Crippen LogP contribution is 2.31. The molecule has 2 aromatic heterocycles. The van der Waals surface area contributed by atoms with Crippen molar-refractivity contribution in [3.05, 3.63) is 90.3 Å². The van der Waals surface area contributed by atoms with Crippen molar-refractivity contribution < 1.29 is 14.3 Å². The summed E-state index contributed by atoms with van der Waals surface area (Å²) in [5, 5.41) is 7.25. The first-order valence-electron chi connectivity index (χ1n) is 10.4. The van der Waals surface area contributed by atoms with Crippen molar-refractivity contribution in [3.63, 3.8) is 0 Å². The van der Waals surface area contributed by atoms with Crippen LogP contribution in [0.1, 0.15) is 15.9 Å². The molecule has 2 aromatic carbocycles. The summed E-state index contributed by atoms with van der Waals surface area (Å²) >= 11 is 0. The second-order valence-corrected chi connectivity index (χ2v) is 7.28. The lowest BCUT2D eigenvalue weighted by molar-refractivity contribution is 0.102. The van der Waals surface area contributed by atoms with Crippen LogP contribution in [0.5, 0.6) is 11.5 Å². The quantitative estimate of drug-likeness (QED) is 0.436. The number of para-hydroxylation sites is 2. The number of anilines is 3. The molecule has 0 atom stereocenters. The van der Waals surface area contributed by atoms with Crippen molar-refractivity contribution in [1.82, 2.24) is 14.8 Å². The van der Waals surface area contributed by atoms with E-state index in [1.165, 1.54) is 0 Å². The number of methoxy groups -OCH3 is 2. The number of carbonyl (C=O) groups excluding carboxylic acids is 1. The predicted molar refractivity (Wildman–Crippen MR) is 128 cm³/mol. The van der Waals surface area contributed by atoms with Crippen molar-refractivity contribution in [2.75, 3.05) is 31.5 Å². The lowest BCUT2D eigenvalue weighted by Crippen LogP contribution is -2.17. The minimum atomic E-state index is -0.268. The molecule has 0 spiro atoms. The van der Waals surface area contributed by atoms with Gasteiger partial charge in [-0.2, -0.15) is 5.10 Å². The third-order valence-electron chi connectivity index (χ3n) is 5.26. The van der Waals surface area contributed by atoms with E-state index in [-0.39, 0.29) is 5.91 Å². The largest absolute Gasteiger partial charge is 0.493 e. The number of amides is 1. The number of aromatic nitrogens is 3. The van der Waals surface area contributed by atoms with Crippen LogP contribution in [0.15, 0.2) is 79.1 Å². The molecule has 2 heterocycles. The molecule has 8 nitrogen and oxygen atoms in total. The van der Waals surface area contributed by atoms with Gasteiger partial charge in [0.25, 0.3) is 5.91 Å². The van der Waals surface area contributed by atoms with Crippen molar-refractivity contribution in [2.24, 2.45) is 0 Å². The van der Waals surface area contributed by atoms with Gasteiger partial charge in [-0.25, -0.2) is 9.67 Å². The molecule has 168 valence electrons. The zero-order chi connectivity index (χ0) is 23.2. The first kappa shape index (κ1) is 21.9. The molecule has 0 radical (unpaired) electrons. The van der Waals surface area contributed by atoms with Crippen molar-refractivity contribution >= 4 is 23.2 Å². The maximum absolute atomic E-state index is 12.8. The zero-order valence-corrected chi connectivity index (χ0v) is 18.7. The molecule has 8 heteroatoms. The minimum Gasteiger partial charge on any atom is -0.493 e. The van der Waals surface area contributed by atoms with Gasteiger partial charge >= 0.3 is 0 Å². The number of hydrogen-bond donors (Lipinski definition) is 1. The summed E-state index contributed by atoms with van der Waals surface area (Å²) in [6.07, 6.45) is 3.20. The number of rotatable bonds is 8. The van der Waals surface area contributed by atoms with Crippen molar-refractivity contribution in [1.29, 1.82) is 0 Å². The third-order valence-corrected chi connectivity index (χ3v) is 5.26. The number of nitrogens with one attached hydrogen (secondary N) is 1. The van der Waals surface area contributed by atoms with E-state index in [0.29, 0.717) is 29.4 Å². The number of carbonyl (C=O) groups is 1. The molecule has 1 amide bonds. The maximum atomic E-state index is 12.8. The van der Waals surface area contributed by atoms with Crippen LogP contribution in [0.2, 0.25) is 0 Å². The van der Waals surface area contributed by atoms with Crippen LogP contribution in [0.3, 0.4) is 0 Å². The van der Waals surface area contributed by atoms with Gasteiger partial charge in [0.05, 0.1) is 32.5 Å². The van der Waals surface area contributed by atoms with Gasteiger partial charge < -0.3 is 19.7 Å². The second kappa shape index (κ2) is 9.86. The molecule has 1 N–H and O–H groups in total. The Hall–Kier alpha value is -4.33. The molecular weight excluding hydrogens is 418 g/mol. The summed E-state index contributed by atoms with van der Waals surface area (Å²) < 4.78 is 12.6. The average molecular weight is 444 g/mol. The molecule has 0 saturated heterocycles. The standard InChI is InChI=1S/C25H25N5O3/c1-29(20-9-5-4-6-10-20)22-13-12-18(16-26-22)25(31)28-23-14-15-27-30(23)17-19-8-7-11-21(32-2)24(19)33-3/h4-16H,17H2,1-3H3,(H,28,31). The number of ether oxygens (including phenoxy) is 2. The van der Waals surface area contributed by atoms with Gasteiger partial charge in [-0.15, -0.1) is 0 Å². The van der Waals surface area contributed by atoms with Crippen LogP contribution in [-0.2, 0) is 6.54 Å². The summed E-state index contributed by atoms with van der Waals surface area (Å²) in [7, 11) is 5.12. The van der Waals surface area contributed by atoms with E-state index in [4.69, 9.17) is 9.47 Å².